The molecule has 0 N–H and O–H groups in total. The summed E-state index contributed by atoms with van der Waals surface area (Å²) in [5.41, 5.74) is 5.48. The summed E-state index contributed by atoms with van der Waals surface area (Å²) in [5.74, 6) is 0. The lowest BCUT2D eigenvalue weighted by Gasteiger charge is -2.05. The van der Waals surface area contributed by atoms with Gasteiger partial charge in [0.1, 0.15) is 0 Å². The number of non-ortho nitro benzene ring substituents is 1. The predicted octanol–water partition coefficient (Wildman–Crippen LogP) is 5.97. The number of hydrogen-bond donors (Lipinski definition) is 0. The lowest BCUT2D eigenvalue weighted by atomic mass is 10.0. The average Bonchev–Trinajstić information content (AvgIpc) is 3.10. The van der Waals surface area contributed by atoms with Crippen LogP contribution in [0, 0.1) is 28.4 Å². The van der Waals surface area contributed by atoms with Crippen molar-refractivity contribution in [2.24, 2.45) is 0 Å². The summed E-state index contributed by atoms with van der Waals surface area (Å²) in [6.07, 6.45) is 3.89. The lowest BCUT2D eigenvalue weighted by molar-refractivity contribution is -0.384. The number of aryl methyl sites for hydroxylation is 1. The van der Waals surface area contributed by atoms with Gasteiger partial charge >= 0.3 is 0 Å². The van der Waals surface area contributed by atoms with Crippen LogP contribution in [0.25, 0.3) is 22.6 Å². The second-order valence-electron chi connectivity index (χ2n) is 7.19. The number of hydrogen-bond acceptors (Lipinski definition) is 3. The molecule has 4 rings (SSSR count). The van der Waals surface area contributed by atoms with Crippen LogP contribution in [0.15, 0.2) is 79.0 Å². The minimum Gasteiger partial charge on any atom is -0.342 e. The molecule has 1 aromatic heterocycles. The maximum Gasteiger partial charge on any atom is 0.269 e. The molecule has 0 spiro atoms. The molecule has 0 aliphatic carbocycles. The Labute approximate surface area is 174 Å². The number of aromatic nitrogens is 1. The van der Waals surface area contributed by atoms with Crippen molar-refractivity contribution in [2.75, 3.05) is 0 Å². The van der Waals surface area contributed by atoms with E-state index in [1.165, 1.54) is 6.07 Å². The first-order valence-corrected chi connectivity index (χ1v) is 9.55. The Balaban J connectivity index is 1.77. The van der Waals surface area contributed by atoms with Crippen molar-refractivity contribution in [2.45, 2.75) is 13.5 Å². The summed E-state index contributed by atoms with van der Waals surface area (Å²) < 4.78 is 2.06. The summed E-state index contributed by atoms with van der Waals surface area (Å²) in [6, 6.07) is 24.8. The zero-order chi connectivity index (χ0) is 21.1. The number of benzene rings is 3. The molecule has 0 radical (unpaired) electrons. The average molecular weight is 393 g/mol. The van der Waals surface area contributed by atoms with Crippen molar-refractivity contribution in [1.29, 1.82) is 5.26 Å². The van der Waals surface area contributed by atoms with E-state index in [1.54, 1.807) is 12.1 Å². The Kier molecular flexibility index (Phi) is 5.15. The van der Waals surface area contributed by atoms with Crippen molar-refractivity contribution >= 4 is 28.2 Å². The molecule has 1 heterocycles. The van der Waals surface area contributed by atoms with Crippen LogP contribution in [0.5, 0.6) is 0 Å². The van der Waals surface area contributed by atoms with Gasteiger partial charge in [-0.05, 0) is 30.2 Å². The number of rotatable bonds is 5. The van der Waals surface area contributed by atoms with Crippen LogP contribution >= 0.6 is 0 Å². The predicted molar refractivity (Wildman–Crippen MR) is 119 cm³/mol. The van der Waals surface area contributed by atoms with Crippen molar-refractivity contribution in [3.8, 4) is 6.07 Å². The third kappa shape index (κ3) is 3.85. The van der Waals surface area contributed by atoms with Crippen LogP contribution in [0.3, 0.4) is 0 Å². The Morgan fingerprint density at radius 3 is 2.60 bits per heavy atom. The number of nitrogens with zero attached hydrogens (tertiary/aromatic N) is 3. The van der Waals surface area contributed by atoms with E-state index in [1.807, 2.05) is 73.8 Å². The summed E-state index contributed by atoms with van der Waals surface area (Å²) in [4.78, 5) is 10.7. The van der Waals surface area contributed by atoms with Crippen LogP contribution in [-0.4, -0.2) is 9.49 Å². The number of nitro groups is 1. The van der Waals surface area contributed by atoms with Crippen LogP contribution in [0.1, 0.15) is 22.3 Å². The smallest absolute Gasteiger partial charge is 0.269 e. The molecule has 30 heavy (non-hydrogen) atoms. The molecule has 5 heteroatoms. The molecule has 0 saturated heterocycles. The maximum atomic E-state index is 11.1. The molecule has 0 atom stereocenters. The highest BCUT2D eigenvalue weighted by atomic mass is 16.6. The standard InChI is InChI=1S/C25H19N3O2/c1-18-9-11-20(12-10-18)21(15-26)14-22-17-27(25-8-3-2-7-24(22)25)16-19-5-4-6-23(13-19)28(29)30/h2-14,17H,16H2,1H3/b21-14-. The number of nitriles is 1. The highest BCUT2D eigenvalue weighted by molar-refractivity contribution is 5.98. The van der Waals surface area contributed by atoms with E-state index >= 15 is 0 Å². The Morgan fingerprint density at radius 1 is 1.10 bits per heavy atom. The largest absolute Gasteiger partial charge is 0.342 e. The van der Waals surface area contributed by atoms with Gasteiger partial charge in [-0.1, -0.05) is 60.2 Å². The van der Waals surface area contributed by atoms with Gasteiger partial charge in [0.25, 0.3) is 5.69 Å². The van der Waals surface area contributed by atoms with Crippen LogP contribution in [0.2, 0.25) is 0 Å². The number of para-hydroxylation sites is 1. The van der Waals surface area contributed by atoms with E-state index in [4.69, 9.17) is 0 Å². The molecule has 3 aromatic carbocycles. The number of allylic oxidation sites excluding steroid dienone is 1. The van der Waals surface area contributed by atoms with E-state index in [0.717, 1.165) is 33.2 Å². The topological polar surface area (TPSA) is 71.9 Å². The highest BCUT2D eigenvalue weighted by Gasteiger charge is 2.11. The Hall–Kier alpha value is -4.17. The molecular weight excluding hydrogens is 374 g/mol. The fourth-order valence-corrected chi connectivity index (χ4v) is 3.55. The normalized spacial score (nSPS) is 11.4. The summed E-state index contributed by atoms with van der Waals surface area (Å²) in [5, 5.41) is 21.8. The third-order valence-corrected chi connectivity index (χ3v) is 5.08. The van der Waals surface area contributed by atoms with Gasteiger partial charge in [0, 0.05) is 41.3 Å². The van der Waals surface area contributed by atoms with Gasteiger partial charge in [-0.25, -0.2) is 0 Å². The van der Waals surface area contributed by atoms with Crippen molar-refractivity contribution in [3.05, 3.63) is 111 Å². The van der Waals surface area contributed by atoms with E-state index in [-0.39, 0.29) is 10.6 Å². The minimum atomic E-state index is -0.383. The molecule has 0 bridgehead atoms. The Morgan fingerprint density at radius 2 is 1.87 bits per heavy atom. The maximum absolute atomic E-state index is 11.1. The zero-order valence-electron chi connectivity index (χ0n) is 16.4. The monoisotopic (exact) mass is 393 g/mol. The molecule has 5 nitrogen and oxygen atoms in total. The fraction of sp³-hybridized carbons (Fsp3) is 0.0800. The Bertz CT molecular complexity index is 1310. The van der Waals surface area contributed by atoms with Gasteiger partial charge in [-0.2, -0.15) is 5.26 Å². The van der Waals surface area contributed by atoms with Crippen molar-refractivity contribution < 1.29 is 4.92 Å². The molecular formula is C25H19N3O2. The van der Waals surface area contributed by atoms with Gasteiger partial charge < -0.3 is 4.57 Å². The fourth-order valence-electron chi connectivity index (χ4n) is 3.55. The van der Waals surface area contributed by atoms with Gasteiger partial charge in [0.05, 0.1) is 16.6 Å². The van der Waals surface area contributed by atoms with E-state index in [9.17, 15) is 15.4 Å². The van der Waals surface area contributed by atoms with Crippen molar-refractivity contribution in [3.63, 3.8) is 0 Å². The molecule has 146 valence electrons. The second-order valence-corrected chi connectivity index (χ2v) is 7.19. The van der Waals surface area contributed by atoms with Gasteiger partial charge in [0.2, 0.25) is 0 Å². The third-order valence-electron chi connectivity index (χ3n) is 5.08. The molecule has 0 aliphatic rings. The molecule has 0 saturated carbocycles. The first-order chi connectivity index (χ1) is 14.5. The summed E-state index contributed by atoms with van der Waals surface area (Å²) in [7, 11) is 0. The molecule has 0 amide bonds. The van der Waals surface area contributed by atoms with E-state index in [0.29, 0.717) is 12.1 Å². The first kappa shape index (κ1) is 19.2. The molecule has 0 unspecified atom stereocenters. The quantitative estimate of drug-likeness (QED) is 0.238. The zero-order valence-corrected chi connectivity index (χ0v) is 16.4. The highest BCUT2D eigenvalue weighted by Crippen LogP contribution is 2.27. The summed E-state index contributed by atoms with van der Waals surface area (Å²) >= 11 is 0. The van der Waals surface area contributed by atoms with Gasteiger partial charge in [-0.3, -0.25) is 10.1 Å². The molecule has 0 aliphatic heterocycles. The molecule has 4 aromatic rings. The van der Waals surface area contributed by atoms with Crippen LogP contribution < -0.4 is 0 Å². The van der Waals surface area contributed by atoms with Gasteiger partial charge in [0.15, 0.2) is 0 Å². The number of fused-ring (bicyclic) bond motifs is 1. The van der Waals surface area contributed by atoms with Crippen LogP contribution in [-0.2, 0) is 6.54 Å². The second kappa shape index (κ2) is 8.06. The van der Waals surface area contributed by atoms with Gasteiger partial charge in [-0.15, -0.1) is 0 Å². The lowest BCUT2D eigenvalue weighted by Crippen LogP contribution is -1.98. The first-order valence-electron chi connectivity index (χ1n) is 9.55. The summed E-state index contributed by atoms with van der Waals surface area (Å²) in [6.45, 7) is 2.52. The number of nitro benzene ring substituents is 1. The van der Waals surface area contributed by atoms with Crippen LogP contribution in [0.4, 0.5) is 5.69 Å². The SMILES string of the molecule is Cc1ccc(/C(C#N)=C\c2cn(Cc3cccc([N+](=O)[O-])c3)c3ccccc23)cc1. The van der Waals surface area contributed by atoms with E-state index < -0.39 is 0 Å². The van der Waals surface area contributed by atoms with Crippen molar-refractivity contribution in [1.82, 2.24) is 4.57 Å². The minimum absolute atomic E-state index is 0.0789. The molecule has 0 fully saturated rings. The van der Waals surface area contributed by atoms with E-state index in [2.05, 4.69) is 10.6 Å².